The first-order valence-electron chi connectivity index (χ1n) is 5.42. The monoisotopic (exact) mass is 398 g/mol. The highest BCUT2D eigenvalue weighted by Gasteiger charge is 2.14. The molecule has 0 heterocycles. The fraction of sp³-hybridized carbons (Fsp3) is 0.455. The topological polar surface area (TPSA) is 72.2 Å². The Morgan fingerprint density at radius 2 is 2.06 bits per heavy atom. The summed E-state index contributed by atoms with van der Waals surface area (Å²) in [5.74, 6) is 5.71. The molecule has 0 radical (unpaired) electrons. The molecule has 0 spiro atoms. The molecule has 1 aromatic carbocycles. The van der Waals surface area contributed by atoms with Crippen molar-refractivity contribution in [3.8, 4) is 0 Å². The molecule has 0 aliphatic rings. The van der Waals surface area contributed by atoms with E-state index < -0.39 is 9.84 Å². The van der Waals surface area contributed by atoms with Gasteiger partial charge in [-0.25, -0.2) is 8.42 Å². The molecule has 0 aliphatic carbocycles. The third kappa shape index (κ3) is 5.36. The van der Waals surface area contributed by atoms with Gasteiger partial charge in [-0.05, 0) is 30.5 Å². The molecule has 1 aromatic rings. The summed E-state index contributed by atoms with van der Waals surface area (Å²) in [5.41, 5.74) is 3.75. The number of hydrogen-bond acceptors (Lipinski definition) is 4. The van der Waals surface area contributed by atoms with Gasteiger partial charge in [0, 0.05) is 27.0 Å². The van der Waals surface area contributed by atoms with Crippen molar-refractivity contribution in [2.24, 2.45) is 5.84 Å². The maximum absolute atomic E-state index is 11.1. The number of benzene rings is 1. The number of rotatable bonds is 6. The van der Waals surface area contributed by atoms with Gasteiger partial charge in [0.1, 0.15) is 9.84 Å². The number of halogens is 2. The Bertz CT molecular complexity index is 506. The maximum atomic E-state index is 11.1. The van der Waals surface area contributed by atoms with Gasteiger partial charge < -0.3 is 0 Å². The fourth-order valence-electron chi connectivity index (χ4n) is 1.66. The lowest BCUT2D eigenvalue weighted by atomic mass is 10.0. The first-order chi connectivity index (χ1) is 8.33. The molecule has 18 heavy (non-hydrogen) atoms. The van der Waals surface area contributed by atoms with Gasteiger partial charge in [0.2, 0.25) is 0 Å². The third-order valence-corrected chi connectivity index (χ3v) is 4.76. The van der Waals surface area contributed by atoms with Crippen LogP contribution in [0.25, 0.3) is 0 Å². The molecule has 0 aromatic heterocycles. The van der Waals surface area contributed by atoms with E-state index in [9.17, 15) is 8.42 Å². The zero-order valence-electron chi connectivity index (χ0n) is 9.99. The van der Waals surface area contributed by atoms with E-state index in [0.717, 1.165) is 14.5 Å². The molecule has 0 bridgehead atoms. The molecular weight excluding hydrogens is 384 g/mol. The van der Waals surface area contributed by atoms with Crippen molar-refractivity contribution < 1.29 is 8.42 Å². The fourth-order valence-corrected chi connectivity index (χ4v) is 3.68. The average Bonchev–Trinajstić information content (AvgIpc) is 2.24. The van der Waals surface area contributed by atoms with E-state index in [0.29, 0.717) is 12.8 Å². The van der Waals surface area contributed by atoms with Crippen LogP contribution in [0.15, 0.2) is 27.1 Å². The van der Waals surface area contributed by atoms with Crippen LogP contribution < -0.4 is 11.3 Å². The highest BCUT2D eigenvalue weighted by molar-refractivity contribution is 9.11. The normalized spacial score (nSPS) is 13.6. The van der Waals surface area contributed by atoms with E-state index in [1.807, 2.05) is 18.2 Å². The van der Waals surface area contributed by atoms with Crippen molar-refractivity contribution in [2.75, 3.05) is 12.0 Å². The maximum Gasteiger partial charge on any atom is 0.147 e. The quantitative estimate of drug-likeness (QED) is 0.569. The van der Waals surface area contributed by atoms with Crippen molar-refractivity contribution >= 4 is 41.7 Å². The molecule has 0 saturated carbocycles. The van der Waals surface area contributed by atoms with E-state index in [-0.39, 0.29) is 11.8 Å². The zero-order chi connectivity index (χ0) is 13.8. The van der Waals surface area contributed by atoms with Gasteiger partial charge in [0.05, 0.1) is 0 Å². The van der Waals surface area contributed by atoms with E-state index in [1.54, 1.807) is 0 Å². The Morgan fingerprint density at radius 3 is 2.56 bits per heavy atom. The summed E-state index contributed by atoms with van der Waals surface area (Å²) in [7, 11) is -2.91. The van der Waals surface area contributed by atoms with E-state index in [2.05, 4.69) is 37.3 Å². The van der Waals surface area contributed by atoms with Crippen LogP contribution in [0.3, 0.4) is 0 Å². The Hall–Kier alpha value is 0.0500. The molecule has 1 unspecified atom stereocenters. The standard InChI is InChI=1S/C11H16Br2N2O2S/c1-18(16,17)6-2-3-11(15-14)9-5-4-8(12)7-10(9)13/h4-5,7,11,15H,2-3,6,14H2,1H3. The largest absolute Gasteiger partial charge is 0.271 e. The minimum absolute atomic E-state index is 0.0609. The molecule has 1 rings (SSSR count). The average molecular weight is 400 g/mol. The second kappa shape index (κ2) is 7.00. The van der Waals surface area contributed by atoms with Crippen molar-refractivity contribution in [3.05, 3.63) is 32.7 Å². The van der Waals surface area contributed by atoms with Gasteiger partial charge in [-0.3, -0.25) is 11.3 Å². The van der Waals surface area contributed by atoms with Crippen molar-refractivity contribution in [3.63, 3.8) is 0 Å². The van der Waals surface area contributed by atoms with Crippen LogP contribution in [-0.4, -0.2) is 20.4 Å². The van der Waals surface area contributed by atoms with Gasteiger partial charge in [-0.2, -0.15) is 0 Å². The molecule has 7 heteroatoms. The predicted molar refractivity (Wildman–Crippen MR) is 80.9 cm³/mol. The number of hydrogen-bond donors (Lipinski definition) is 2. The molecule has 1 atom stereocenters. The van der Waals surface area contributed by atoms with E-state index in [4.69, 9.17) is 5.84 Å². The van der Waals surface area contributed by atoms with Crippen LogP contribution in [-0.2, 0) is 9.84 Å². The van der Waals surface area contributed by atoms with Crippen LogP contribution in [0.4, 0.5) is 0 Å². The number of nitrogens with two attached hydrogens (primary N) is 1. The number of nitrogens with one attached hydrogen (secondary N) is 1. The molecule has 4 nitrogen and oxygen atoms in total. The third-order valence-electron chi connectivity index (χ3n) is 2.55. The molecule has 0 fully saturated rings. The highest BCUT2D eigenvalue weighted by Crippen LogP contribution is 2.28. The van der Waals surface area contributed by atoms with Crippen molar-refractivity contribution in [1.29, 1.82) is 0 Å². The number of sulfone groups is 1. The lowest BCUT2D eigenvalue weighted by molar-refractivity contribution is 0.506. The second-order valence-electron chi connectivity index (χ2n) is 4.16. The summed E-state index contributed by atoms with van der Waals surface area (Å²) >= 11 is 6.86. The Balaban J connectivity index is 2.71. The highest BCUT2D eigenvalue weighted by atomic mass is 79.9. The summed E-state index contributed by atoms with van der Waals surface area (Å²) in [5, 5.41) is 0. The second-order valence-corrected chi connectivity index (χ2v) is 8.19. The zero-order valence-corrected chi connectivity index (χ0v) is 14.0. The summed E-state index contributed by atoms with van der Waals surface area (Å²) in [6.07, 6.45) is 2.49. The molecule has 3 N–H and O–H groups in total. The lowest BCUT2D eigenvalue weighted by Gasteiger charge is -2.17. The van der Waals surface area contributed by atoms with Crippen LogP contribution in [0, 0.1) is 0 Å². The van der Waals surface area contributed by atoms with Gasteiger partial charge in [-0.15, -0.1) is 0 Å². The Kier molecular flexibility index (Phi) is 6.26. The Morgan fingerprint density at radius 1 is 1.39 bits per heavy atom. The molecular formula is C11H16Br2N2O2S. The first kappa shape index (κ1) is 16.1. The van der Waals surface area contributed by atoms with Gasteiger partial charge in [0.25, 0.3) is 0 Å². The molecule has 102 valence electrons. The van der Waals surface area contributed by atoms with E-state index in [1.165, 1.54) is 6.26 Å². The summed E-state index contributed by atoms with van der Waals surface area (Å²) in [6.45, 7) is 0. The smallest absolute Gasteiger partial charge is 0.147 e. The van der Waals surface area contributed by atoms with Crippen LogP contribution >= 0.6 is 31.9 Å². The van der Waals surface area contributed by atoms with E-state index >= 15 is 0 Å². The van der Waals surface area contributed by atoms with Gasteiger partial charge in [0.15, 0.2) is 0 Å². The van der Waals surface area contributed by atoms with Crippen molar-refractivity contribution in [2.45, 2.75) is 18.9 Å². The molecule has 0 amide bonds. The van der Waals surface area contributed by atoms with Crippen LogP contribution in [0.1, 0.15) is 24.4 Å². The minimum atomic E-state index is -2.91. The SMILES string of the molecule is CS(=O)(=O)CCCC(NN)c1ccc(Br)cc1Br. The van der Waals surface area contributed by atoms with Gasteiger partial charge >= 0.3 is 0 Å². The summed E-state index contributed by atoms with van der Waals surface area (Å²) in [6, 6.07) is 5.77. The minimum Gasteiger partial charge on any atom is -0.271 e. The van der Waals surface area contributed by atoms with Crippen molar-refractivity contribution in [1.82, 2.24) is 5.43 Å². The van der Waals surface area contributed by atoms with Crippen LogP contribution in [0.5, 0.6) is 0 Å². The first-order valence-corrected chi connectivity index (χ1v) is 9.07. The summed E-state index contributed by atoms with van der Waals surface area (Å²) < 4.78 is 24.1. The van der Waals surface area contributed by atoms with Gasteiger partial charge in [-0.1, -0.05) is 37.9 Å². The lowest BCUT2D eigenvalue weighted by Crippen LogP contribution is -2.28. The van der Waals surface area contributed by atoms with Crippen LogP contribution in [0.2, 0.25) is 0 Å². The Labute approximate surface area is 124 Å². The number of hydrazine groups is 1. The summed E-state index contributed by atoms with van der Waals surface area (Å²) in [4.78, 5) is 0. The predicted octanol–water partition coefficient (Wildman–Crippen LogP) is 2.54. The molecule has 0 aliphatic heterocycles. The molecule has 0 saturated heterocycles.